The van der Waals surface area contributed by atoms with Crippen molar-refractivity contribution in [1.82, 2.24) is 9.97 Å². The van der Waals surface area contributed by atoms with E-state index in [9.17, 15) is 0 Å². The third-order valence-electron chi connectivity index (χ3n) is 1.91. The third kappa shape index (κ3) is 1.81. The lowest BCUT2D eigenvalue weighted by Gasteiger charge is -2.03. The van der Waals surface area contributed by atoms with E-state index >= 15 is 0 Å². The van der Waals surface area contributed by atoms with Crippen LogP contribution in [-0.4, -0.2) is 16.5 Å². The van der Waals surface area contributed by atoms with Gasteiger partial charge >= 0.3 is 0 Å². The Bertz CT molecular complexity index is 398. The summed E-state index contributed by atoms with van der Waals surface area (Å²) in [5.41, 5.74) is 7.47. The van der Waals surface area contributed by atoms with Crippen molar-refractivity contribution in [2.24, 2.45) is 5.73 Å². The van der Waals surface area contributed by atoms with Crippen LogP contribution in [0.2, 0.25) is 0 Å². The van der Waals surface area contributed by atoms with Crippen LogP contribution in [0.3, 0.4) is 0 Å². The molecule has 0 saturated heterocycles. The van der Waals surface area contributed by atoms with E-state index in [2.05, 4.69) is 16.0 Å². The largest absolute Gasteiger partial charge is 0.330 e. The van der Waals surface area contributed by atoms with Crippen LogP contribution in [0.5, 0.6) is 0 Å². The number of nitrogens with two attached hydrogens (primary N) is 1. The van der Waals surface area contributed by atoms with Gasteiger partial charge in [0.25, 0.3) is 0 Å². The lowest BCUT2D eigenvalue weighted by molar-refractivity contribution is 0.913. The number of thiophene rings is 1. The normalized spacial score (nSPS) is 10.4. The molecule has 2 rings (SSSR count). The van der Waals surface area contributed by atoms with Crippen LogP contribution in [0.25, 0.3) is 10.6 Å². The minimum Gasteiger partial charge on any atom is -0.330 e. The highest BCUT2D eigenvalue weighted by molar-refractivity contribution is 7.13. The Morgan fingerprint density at radius 1 is 1.29 bits per heavy atom. The molecule has 3 nitrogen and oxygen atoms in total. The number of hydrogen-bond donors (Lipinski definition) is 1. The highest BCUT2D eigenvalue weighted by atomic mass is 32.1. The van der Waals surface area contributed by atoms with Gasteiger partial charge in [0.1, 0.15) is 5.69 Å². The van der Waals surface area contributed by atoms with Crippen LogP contribution < -0.4 is 5.73 Å². The molecule has 0 fully saturated rings. The molecular weight excluding hydrogens is 194 g/mol. The molecule has 0 saturated carbocycles. The standard InChI is InChI=1S/C10H11N3S/c11-4-3-8-10(13-6-5-12-8)9-2-1-7-14-9/h1-2,5-7H,3-4,11H2. The second-order valence-corrected chi connectivity index (χ2v) is 3.82. The minimum absolute atomic E-state index is 0.608. The molecule has 0 bridgehead atoms. The van der Waals surface area contributed by atoms with E-state index in [1.807, 2.05) is 11.4 Å². The zero-order valence-corrected chi connectivity index (χ0v) is 8.50. The van der Waals surface area contributed by atoms with Crippen LogP contribution in [0.1, 0.15) is 5.69 Å². The molecule has 0 aliphatic heterocycles. The minimum atomic E-state index is 0.608. The lowest BCUT2D eigenvalue weighted by atomic mass is 10.2. The molecule has 0 atom stereocenters. The molecule has 0 amide bonds. The fourth-order valence-electron chi connectivity index (χ4n) is 1.31. The van der Waals surface area contributed by atoms with Gasteiger partial charge < -0.3 is 5.73 Å². The van der Waals surface area contributed by atoms with Gasteiger partial charge in [-0.2, -0.15) is 0 Å². The van der Waals surface area contributed by atoms with E-state index in [0.29, 0.717) is 6.54 Å². The fraction of sp³-hybridized carbons (Fsp3) is 0.200. The third-order valence-corrected chi connectivity index (χ3v) is 2.79. The molecule has 0 spiro atoms. The van der Waals surface area contributed by atoms with Crippen LogP contribution in [0.15, 0.2) is 29.9 Å². The molecule has 0 aromatic carbocycles. The Morgan fingerprint density at radius 2 is 2.14 bits per heavy atom. The quantitative estimate of drug-likeness (QED) is 0.829. The molecular formula is C10H11N3S. The molecule has 2 aromatic heterocycles. The van der Waals surface area contributed by atoms with Crippen molar-refractivity contribution >= 4 is 11.3 Å². The topological polar surface area (TPSA) is 51.8 Å². The summed E-state index contributed by atoms with van der Waals surface area (Å²) >= 11 is 1.67. The van der Waals surface area contributed by atoms with Gasteiger partial charge in [-0.25, -0.2) is 0 Å². The highest BCUT2D eigenvalue weighted by Gasteiger charge is 2.06. The first-order valence-electron chi connectivity index (χ1n) is 4.45. The predicted molar refractivity (Wildman–Crippen MR) is 58.1 cm³/mol. The molecule has 2 N–H and O–H groups in total. The smallest absolute Gasteiger partial charge is 0.102 e. The molecule has 0 aliphatic carbocycles. The molecule has 4 heteroatoms. The van der Waals surface area contributed by atoms with Crippen molar-refractivity contribution in [2.45, 2.75) is 6.42 Å². The van der Waals surface area contributed by atoms with Crippen molar-refractivity contribution < 1.29 is 0 Å². The van der Waals surface area contributed by atoms with Gasteiger partial charge in [0.2, 0.25) is 0 Å². The summed E-state index contributed by atoms with van der Waals surface area (Å²) in [6.07, 6.45) is 4.21. The molecule has 0 unspecified atom stereocenters. The first kappa shape index (κ1) is 9.30. The summed E-state index contributed by atoms with van der Waals surface area (Å²) in [6, 6.07) is 4.07. The van der Waals surface area contributed by atoms with Crippen molar-refractivity contribution in [3.8, 4) is 10.6 Å². The monoisotopic (exact) mass is 205 g/mol. The molecule has 0 radical (unpaired) electrons. The van der Waals surface area contributed by atoms with Crippen molar-refractivity contribution in [3.63, 3.8) is 0 Å². The number of rotatable bonds is 3. The van der Waals surface area contributed by atoms with Crippen molar-refractivity contribution in [1.29, 1.82) is 0 Å². The summed E-state index contributed by atoms with van der Waals surface area (Å²) < 4.78 is 0. The zero-order chi connectivity index (χ0) is 9.80. The van der Waals surface area contributed by atoms with Gasteiger partial charge in [0, 0.05) is 18.8 Å². The Kier molecular flexibility index (Phi) is 2.86. The van der Waals surface area contributed by atoms with E-state index in [0.717, 1.165) is 22.7 Å². The fourth-order valence-corrected chi connectivity index (χ4v) is 2.05. The maximum atomic E-state index is 5.52. The Hall–Kier alpha value is -1.26. The molecule has 2 aromatic rings. The van der Waals surface area contributed by atoms with E-state index in [1.165, 1.54) is 0 Å². The van der Waals surface area contributed by atoms with E-state index in [4.69, 9.17) is 5.73 Å². The Balaban J connectivity index is 2.42. The average Bonchev–Trinajstić information content (AvgIpc) is 2.72. The highest BCUT2D eigenvalue weighted by Crippen LogP contribution is 2.24. The van der Waals surface area contributed by atoms with Gasteiger partial charge in [-0.1, -0.05) is 6.07 Å². The van der Waals surface area contributed by atoms with E-state index in [1.54, 1.807) is 23.7 Å². The van der Waals surface area contributed by atoms with E-state index < -0.39 is 0 Å². The van der Waals surface area contributed by atoms with Crippen molar-refractivity contribution in [2.75, 3.05) is 6.54 Å². The van der Waals surface area contributed by atoms with Crippen LogP contribution >= 0.6 is 11.3 Å². The summed E-state index contributed by atoms with van der Waals surface area (Å²) in [7, 11) is 0. The molecule has 0 aliphatic rings. The Morgan fingerprint density at radius 3 is 2.86 bits per heavy atom. The Labute approximate surface area is 86.6 Å². The first-order chi connectivity index (χ1) is 6.92. The predicted octanol–water partition coefficient (Wildman–Crippen LogP) is 1.71. The maximum absolute atomic E-state index is 5.52. The second kappa shape index (κ2) is 4.30. The maximum Gasteiger partial charge on any atom is 0.102 e. The lowest BCUT2D eigenvalue weighted by Crippen LogP contribution is -2.06. The van der Waals surface area contributed by atoms with Gasteiger partial charge in [0.05, 0.1) is 10.6 Å². The molecule has 14 heavy (non-hydrogen) atoms. The van der Waals surface area contributed by atoms with Crippen LogP contribution in [0.4, 0.5) is 0 Å². The van der Waals surface area contributed by atoms with Gasteiger partial charge in [-0.05, 0) is 18.0 Å². The number of nitrogens with zero attached hydrogens (tertiary/aromatic N) is 2. The average molecular weight is 205 g/mol. The zero-order valence-electron chi connectivity index (χ0n) is 7.68. The summed E-state index contributed by atoms with van der Waals surface area (Å²) in [5, 5.41) is 2.04. The van der Waals surface area contributed by atoms with Gasteiger partial charge in [-0.3, -0.25) is 9.97 Å². The number of aromatic nitrogens is 2. The molecule has 2 heterocycles. The van der Waals surface area contributed by atoms with Crippen LogP contribution in [-0.2, 0) is 6.42 Å². The molecule has 72 valence electrons. The van der Waals surface area contributed by atoms with Gasteiger partial charge in [-0.15, -0.1) is 11.3 Å². The summed E-state index contributed by atoms with van der Waals surface area (Å²) in [4.78, 5) is 9.77. The summed E-state index contributed by atoms with van der Waals surface area (Å²) in [6.45, 7) is 0.608. The van der Waals surface area contributed by atoms with E-state index in [-0.39, 0.29) is 0 Å². The SMILES string of the molecule is NCCc1nccnc1-c1cccs1. The summed E-state index contributed by atoms with van der Waals surface area (Å²) in [5.74, 6) is 0. The van der Waals surface area contributed by atoms with Crippen LogP contribution in [0, 0.1) is 0 Å². The second-order valence-electron chi connectivity index (χ2n) is 2.87. The van der Waals surface area contributed by atoms with Crippen molar-refractivity contribution in [3.05, 3.63) is 35.6 Å². The van der Waals surface area contributed by atoms with Gasteiger partial charge in [0.15, 0.2) is 0 Å². The number of hydrogen-bond acceptors (Lipinski definition) is 4. The first-order valence-corrected chi connectivity index (χ1v) is 5.33.